The zero-order valence-corrected chi connectivity index (χ0v) is 9.68. The van der Waals surface area contributed by atoms with Crippen LogP contribution in [0.15, 0.2) is 0 Å². The van der Waals surface area contributed by atoms with Crippen molar-refractivity contribution in [1.29, 1.82) is 0 Å². The molecule has 0 aromatic rings. The van der Waals surface area contributed by atoms with E-state index in [4.69, 9.17) is 0 Å². The first-order chi connectivity index (χ1) is 6.53. The van der Waals surface area contributed by atoms with Crippen LogP contribution in [-0.4, -0.2) is 5.78 Å². The van der Waals surface area contributed by atoms with Crippen LogP contribution in [0.4, 0.5) is 0 Å². The first-order valence-electron chi connectivity index (χ1n) is 6.04. The molecule has 2 rings (SSSR count). The molecular formula is C13H22O. The van der Waals surface area contributed by atoms with Gasteiger partial charge in [0.15, 0.2) is 0 Å². The molecular weight excluding hydrogens is 172 g/mol. The minimum Gasteiger partial charge on any atom is -0.300 e. The highest BCUT2D eigenvalue weighted by atomic mass is 16.1. The summed E-state index contributed by atoms with van der Waals surface area (Å²) in [6.07, 6.45) is 5.58. The van der Waals surface area contributed by atoms with Crippen LogP contribution in [0.1, 0.15) is 52.9 Å². The Bertz CT molecular complexity index is 244. The summed E-state index contributed by atoms with van der Waals surface area (Å²) in [6, 6.07) is 0. The molecule has 2 saturated carbocycles. The average Bonchev–Trinajstić information content (AvgIpc) is 2.43. The van der Waals surface area contributed by atoms with Gasteiger partial charge in [-0.25, -0.2) is 0 Å². The Morgan fingerprint density at radius 3 is 2.71 bits per heavy atom. The molecule has 3 atom stereocenters. The summed E-state index contributed by atoms with van der Waals surface area (Å²) in [4.78, 5) is 11.5. The largest absolute Gasteiger partial charge is 0.300 e. The Hall–Kier alpha value is -0.330. The third-order valence-corrected chi connectivity index (χ3v) is 4.74. The monoisotopic (exact) mass is 194 g/mol. The van der Waals surface area contributed by atoms with Crippen LogP contribution in [-0.2, 0) is 4.79 Å². The number of hydrogen-bond acceptors (Lipinski definition) is 1. The highest BCUT2D eigenvalue weighted by Gasteiger charge is 2.48. The zero-order chi connectivity index (χ0) is 10.3. The van der Waals surface area contributed by atoms with Crippen LogP contribution in [0.5, 0.6) is 0 Å². The number of hydrogen-bond donors (Lipinski definition) is 0. The number of carbonyl (C=O) groups is 1. The van der Waals surface area contributed by atoms with Crippen molar-refractivity contribution >= 4 is 5.78 Å². The summed E-state index contributed by atoms with van der Waals surface area (Å²) in [5.41, 5.74) is 0.503. The summed E-state index contributed by atoms with van der Waals surface area (Å²) >= 11 is 0. The van der Waals surface area contributed by atoms with Crippen molar-refractivity contribution in [3.05, 3.63) is 0 Å². The highest BCUT2D eigenvalue weighted by Crippen LogP contribution is 2.55. The van der Waals surface area contributed by atoms with E-state index in [2.05, 4.69) is 20.8 Å². The Balaban J connectivity index is 2.18. The minimum atomic E-state index is 0.503. The van der Waals surface area contributed by atoms with E-state index in [0.717, 1.165) is 31.1 Å². The second kappa shape index (κ2) is 3.36. The smallest absolute Gasteiger partial charge is 0.133 e. The van der Waals surface area contributed by atoms with Gasteiger partial charge in [-0.3, -0.25) is 4.79 Å². The third-order valence-electron chi connectivity index (χ3n) is 4.74. The Morgan fingerprint density at radius 1 is 1.36 bits per heavy atom. The van der Waals surface area contributed by atoms with E-state index in [-0.39, 0.29) is 0 Å². The molecule has 80 valence electrons. The van der Waals surface area contributed by atoms with Gasteiger partial charge >= 0.3 is 0 Å². The van der Waals surface area contributed by atoms with Crippen molar-refractivity contribution in [2.24, 2.45) is 23.2 Å². The third kappa shape index (κ3) is 1.51. The van der Waals surface area contributed by atoms with Crippen molar-refractivity contribution in [2.75, 3.05) is 0 Å². The van der Waals surface area contributed by atoms with Crippen LogP contribution in [0.2, 0.25) is 0 Å². The molecule has 1 heteroatoms. The molecule has 0 unspecified atom stereocenters. The fourth-order valence-electron chi connectivity index (χ4n) is 3.68. The predicted molar refractivity (Wildman–Crippen MR) is 58.0 cm³/mol. The van der Waals surface area contributed by atoms with Gasteiger partial charge in [0, 0.05) is 12.8 Å². The minimum absolute atomic E-state index is 0.503. The van der Waals surface area contributed by atoms with Gasteiger partial charge in [-0.1, -0.05) is 20.8 Å². The van der Waals surface area contributed by atoms with E-state index in [9.17, 15) is 4.79 Å². The zero-order valence-electron chi connectivity index (χ0n) is 9.68. The molecule has 0 radical (unpaired) electrons. The Morgan fingerprint density at radius 2 is 2.07 bits per heavy atom. The quantitative estimate of drug-likeness (QED) is 0.625. The maximum absolute atomic E-state index is 11.5. The lowest BCUT2D eigenvalue weighted by atomic mass is 9.65. The van der Waals surface area contributed by atoms with Crippen LogP contribution >= 0.6 is 0 Å². The van der Waals surface area contributed by atoms with Gasteiger partial charge in [-0.2, -0.15) is 0 Å². The molecule has 0 amide bonds. The SMILES string of the molecule is CC(C)[C@@H]1CC[C@]2(C)CCC(=O)C[C@@H]12. The lowest BCUT2D eigenvalue weighted by Crippen LogP contribution is -2.34. The number of fused-ring (bicyclic) bond motifs is 1. The Kier molecular flexibility index (Phi) is 2.45. The maximum Gasteiger partial charge on any atom is 0.133 e. The first-order valence-corrected chi connectivity index (χ1v) is 6.04. The van der Waals surface area contributed by atoms with Gasteiger partial charge in [0.05, 0.1) is 0 Å². The van der Waals surface area contributed by atoms with E-state index < -0.39 is 0 Å². The van der Waals surface area contributed by atoms with Crippen LogP contribution in [0.3, 0.4) is 0 Å². The van der Waals surface area contributed by atoms with E-state index in [1.807, 2.05) is 0 Å². The summed E-state index contributed by atoms with van der Waals surface area (Å²) in [5.74, 6) is 2.78. The predicted octanol–water partition coefficient (Wildman–Crippen LogP) is 3.43. The molecule has 2 aliphatic carbocycles. The summed E-state index contributed by atoms with van der Waals surface area (Å²) in [7, 11) is 0. The van der Waals surface area contributed by atoms with Gasteiger partial charge in [0.2, 0.25) is 0 Å². The molecule has 0 heterocycles. The van der Waals surface area contributed by atoms with Gasteiger partial charge in [0.1, 0.15) is 5.78 Å². The number of rotatable bonds is 1. The molecule has 0 saturated heterocycles. The normalized spacial score (nSPS) is 43.0. The van der Waals surface area contributed by atoms with Crippen molar-refractivity contribution < 1.29 is 4.79 Å². The van der Waals surface area contributed by atoms with E-state index in [0.29, 0.717) is 17.1 Å². The summed E-state index contributed by atoms with van der Waals surface area (Å²) < 4.78 is 0. The maximum atomic E-state index is 11.5. The molecule has 1 nitrogen and oxygen atoms in total. The molecule has 0 N–H and O–H groups in total. The average molecular weight is 194 g/mol. The molecule has 0 spiro atoms. The van der Waals surface area contributed by atoms with E-state index in [1.54, 1.807) is 0 Å². The van der Waals surface area contributed by atoms with Crippen molar-refractivity contribution in [2.45, 2.75) is 52.9 Å². The van der Waals surface area contributed by atoms with Gasteiger partial charge in [-0.15, -0.1) is 0 Å². The molecule has 0 aliphatic heterocycles. The summed E-state index contributed by atoms with van der Waals surface area (Å²) in [5, 5.41) is 0. The van der Waals surface area contributed by atoms with Crippen LogP contribution in [0, 0.1) is 23.2 Å². The van der Waals surface area contributed by atoms with E-state index in [1.165, 1.54) is 12.8 Å². The fraction of sp³-hybridized carbons (Fsp3) is 0.923. The molecule has 2 aliphatic rings. The van der Waals surface area contributed by atoms with Gasteiger partial charge in [-0.05, 0) is 42.4 Å². The van der Waals surface area contributed by atoms with Gasteiger partial charge < -0.3 is 0 Å². The van der Waals surface area contributed by atoms with Crippen LogP contribution in [0.25, 0.3) is 0 Å². The van der Waals surface area contributed by atoms with Crippen molar-refractivity contribution in [3.8, 4) is 0 Å². The van der Waals surface area contributed by atoms with E-state index >= 15 is 0 Å². The van der Waals surface area contributed by atoms with Gasteiger partial charge in [0.25, 0.3) is 0 Å². The first kappa shape index (κ1) is 10.2. The summed E-state index contributed by atoms with van der Waals surface area (Å²) in [6.45, 7) is 7.04. The van der Waals surface area contributed by atoms with Crippen molar-refractivity contribution in [3.63, 3.8) is 0 Å². The van der Waals surface area contributed by atoms with Crippen molar-refractivity contribution in [1.82, 2.24) is 0 Å². The standard InChI is InChI=1S/C13H22O/c1-9(2)11-5-7-13(3)6-4-10(14)8-12(11)13/h9,11-12H,4-8H2,1-3H3/t11-,12-,13-/m0/s1. The number of Topliss-reactive ketones (excluding diaryl/α,β-unsaturated/α-hetero) is 1. The molecule has 14 heavy (non-hydrogen) atoms. The highest BCUT2D eigenvalue weighted by molar-refractivity contribution is 5.79. The molecule has 0 bridgehead atoms. The Labute approximate surface area is 87.3 Å². The second-order valence-corrected chi connectivity index (χ2v) is 5.95. The number of carbonyl (C=O) groups excluding carboxylic acids is 1. The number of ketones is 1. The second-order valence-electron chi connectivity index (χ2n) is 5.95. The molecule has 0 aromatic carbocycles. The molecule has 2 fully saturated rings. The molecule has 0 aromatic heterocycles. The van der Waals surface area contributed by atoms with Crippen LogP contribution < -0.4 is 0 Å². The lowest BCUT2D eigenvalue weighted by Gasteiger charge is -2.38. The fourth-order valence-corrected chi connectivity index (χ4v) is 3.68. The topological polar surface area (TPSA) is 17.1 Å². The lowest BCUT2D eigenvalue weighted by molar-refractivity contribution is -0.124.